The van der Waals surface area contributed by atoms with Crippen molar-refractivity contribution in [2.45, 2.75) is 32.4 Å². The Morgan fingerprint density at radius 3 is 2.58 bits per heavy atom. The minimum absolute atomic E-state index is 0.267. The van der Waals surface area contributed by atoms with E-state index in [9.17, 15) is 18.0 Å². The number of benzene rings is 1. The smallest absolute Gasteiger partial charge is 0.371 e. The number of carbonyl (C=O) groups excluding carboxylic acids is 1. The molecule has 1 fully saturated rings. The van der Waals surface area contributed by atoms with Gasteiger partial charge in [-0.2, -0.15) is 13.2 Å². The lowest BCUT2D eigenvalue weighted by molar-refractivity contribution is -0.143. The number of alkyl halides is 3. The average molecular weight is 372 g/mol. The third kappa shape index (κ3) is 6.74. The molecule has 0 radical (unpaired) electrons. The van der Waals surface area contributed by atoms with Crippen molar-refractivity contribution in [3.05, 3.63) is 23.8 Å². The van der Waals surface area contributed by atoms with E-state index in [1.807, 2.05) is 25.1 Å². The molecule has 1 aliphatic heterocycles. The number of hydrogen-bond acceptors (Lipinski definition) is 3. The second-order valence-corrected chi connectivity index (χ2v) is 6.78. The minimum atomic E-state index is -4.20. The molecule has 0 unspecified atom stereocenters. The van der Waals surface area contributed by atoms with Crippen molar-refractivity contribution in [2.75, 3.05) is 50.0 Å². The molecule has 2 N–H and O–H groups in total. The Kier molecular flexibility index (Phi) is 7.14. The molecule has 146 valence electrons. The highest BCUT2D eigenvalue weighted by molar-refractivity contribution is 5.89. The molecule has 0 atom stereocenters. The van der Waals surface area contributed by atoms with Gasteiger partial charge in [0.15, 0.2) is 0 Å². The fourth-order valence-corrected chi connectivity index (χ4v) is 3.16. The summed E-state index contributed by atoms with van der Waals surface area (Å²) in [5.74, 6) is 0. The molecular formula is C18H27F3N4O. The van der Waals surface area contributed by atoms with Gasteiger partial charge < -0.3 is 15.5 Å². The zero-order valence-electron chi connectivity index (χ0n) is 15.3. The van der Waals surface area contributed by atoms with Gasteiger partial charge in [0.2, 0.25) is 0 Å². The van der Waals surface area contributed by atoms with E-state index < -0.39 is 12.7 Å². The maximum atomic E-state index is 12.2. The van der Waals surface area contributed by atoms with Crippen molar-refractivity contribution in [1.82, 2.24) is 10.2 Å². The highest BCUT2D eigenvalue weighted by Crippen LogP contribution is 2.26. The van der Waals surface area contributed by atoms with Gasteiger partial charge >= 0.3 is 12.2 Å². The standard InChI is InChI=1S/C18H27F3N4O/c1-14-12-15(6-7-16(14)25-10-3-4-11-25)23-17(26)22-8-5-9-24(2)13-18(19,20)21/h6-7,12H,3-5,8-11,13H2,1-2H3,(H2,22,23,26). The van der Waals surface area contributed by atoms with Crippen LogP contribution in [-0.2, 0) is 0 Å². The van der Waals surface area contributed by atoms with Crippen LogP contribution in [0.3, 0.4) is 0 Å². The Bertz CT molecular complexity index is 601. The van der Waals surface area contributed by atoms with Crippen molar-refractivity contribution in [1.29, 1.82) is 0 Å². The van der Waals surface area contributed by atoms with Gasteiger partial charge in [-0.05, 0) is 63.5 Å². The van der Waals surface area contributed by atoms with Gasteiger partial charge in [0, 0.05) is 31.0 Å². The highest BCUT2D eigenvalue weighted by Gasteiger charge is 2.28. The zero-order chi connectivity index (χ0) is 19.2. The summed E-state index contributed by atoms with van der Waals surface area (Å²) in [6.45, 7) is 3.80. The monoisotopic (exact) mass is 372 g/mol. The van der Waals surface area contributed by atoms with Crippen LogP contribution in [0.2, 0.25) is 0 Å². The van der Waals surface area contributed by atoms with Gasteiger partial charge in [0.05, 0.1) is 6.54 Å². The highest BCUT2D eigenvalue weighted by atomic mass is 19.4. The van der Waals surface area contributed by atoms with Gasteiger partial charge in [-0.1, -0.05) is 0 Å². The lowest BCUT2D eigenvalue weighted by Gasteiger charge is -2.21. The third-order valence-corrected chi connectivity index (χ3v) is 4.35. The molecule has 1 heterocycles. The molecule has 2 amide bonds. The first-order valence-corrected chi connectivity index (χ1v) is 8.90. The van der Waals surface area contributed by atoms with Gasteiger partial charge in [-0.25, -0.2) is 4.79 Å². The Morgan fingerprint density at radius 1 is 1.27 bits per heavy atom. The average Bonchev–Trinajstić information content (AvgIpc) is 3.04. The number of nitrogens with one attached hydrogen (secondary N) is 2. The molecule has 1 saturated heterocycles. The maximum absolute atomic E-state index is 12.2. The van der Waals surface area contributed by atoms with Crippen LogP contribution < -0.4 is 15.5 Å². The number of aryl methyl sites for hydroxylation is 1. The largest absolute Gasteiger partial charge is 0.401 e. The number of amides is 2. The fourth-order valence-electron chi connectivity index (χ4n) is 3.16. The molecule has 26 heavy (non-hydrogen) atoms. The first-order valence-electron chi connectivity index (χ1n) is 8.90. The Balaban J connectivity index is 1.71. The van der Waals surface area contributed by atoms with E-state index in [1.165, 1.54) is 30.5 Å². The quantitative estimate of drug-likeness (QED) is 0.719. The van der Waals surface area contributed by atoms with Gasteiger partial charge in [-0.3, -0.25) is 4.90 Å². The molecule has 8 heteroatoms. The van der Waals surface area contributed by atoms with E-state index in [1.54, 1.807) is 0 Å². The lowest BCUT2D eigenvalue weighted by atomic mass is 10.1. The van der Waals surface area contributed by atoms with Crippen LogP contribution in [0.5, 0.6) is 0 Å². The molecular weight excluding hydrogens is 345 g/mol. The Morgan fingerprint density at radius 2 is 1.96 bits per heavy atom. The first kappa shape index (κ1) is 20.4. The predicted octanol–water partition coefficient (Wildman–Crippen LogP) is 3.60. The summed E-state index contributed by atoms with van der Waals surface area (Å²) in [7, 11) is 1.41. The number of halogens is 3. The molecule has 1 aliphatic rings. The lowest BCUT2D eigenvalue weighted by Crippen LogP contribution is -2.34. The molecule has 0 aliphatic carbocycles. The third-order valence-electron chi connectivity index (χ3n) is 4.35. The number of rotatable bonds is 7. The second kappa shape index (κ2) is 9.12. The molecule has 2 rings (SSSR count). The van der Waals surface area contributed by atoms with Gasteiger partial charge in [0.1, 0.15) is 0 Å². The topological polar surface area (TPSA) is 47.6 Å². The van der Waals surface area contributed by atoms with Crippen LogP contribution in [0, 0.1) is 6.92 Å². The zero-order valence-corrected chi connectivity index (χ0v) is 15.3. The molecule has 0 spiro atoms. The summed E-state index contributed by atoms with van der Waals surface area (Å²) in [6.07, 6.45) is -1.33. The van der Waals surface area contributed by atoms with Crippen molar-refractivity contribution >= 4 is 17.4 Å². The van der Waals surface area contributed by atoms with Crippen molar-refractivity contribution < 1.29 is 18.0 Å². The Hall–Kier alpha value is -1.96. The summed E-state index contributed by atoms with van der Waals surface area (Å²) in [4.78, 5) is 15.5. The summed E-state index contributed by atoms with van der Waals surface area (Å²) >= 11 is 0. The van der Waals surface area contributed by atoms with Crippen LogP contribution in [0.4, 0.5) is 29.3 Å². The SMILES string of the molecule is Cc1cc(NC(=O)NCCCN(C)CC(F)(F)F)ccc1N1CCCC1. The van der Waals surface area contributed by atoms with E-state index in [2.05, 4.69) is 15.5 Å². The summed E-state index contributed by atoms with van der Waals surface area (Å²) in [5.41, 5.74) is 3.01. The molecule has 0 saturated carbocycles. The van der Waals surface area contributed by atoms with E-state index in [0.29, 0.717) is 18.7 Å². The molecule has 5 nitrogen and oxygen atoms in total. The van der Waals surface area contributed by atoms with E-state index in [0.717, 1.165) is 18.7 Å². The second-order valence-electron chi connectivity index (χ2n) is 6.78. The summed E-state index contributed by atoms with van der Waals surface area (Å²) in [5, 5.41) is 5.43. The van der Waals surface area contributed by atoms with Crippen molar-refractivity contribution in [3.8, 4) is 0 Å². The normalized spacial score (nSPS) is 14.8. The molecule has 1 aromatic rings. The first-order chi connectivity index (χ1) is 12.2. The fraction of sp³-hybridized carbons (Fsp3) is 0.611. The predicted molar refractivity (Wildman–Crippen MR) is 97.8 cm³/mol. The van der Waals surface area contributed by atoms with Gasteiger partial charge in [0.25, 0.3) is 0 Å². The Labute approximate surface area is 152 Å². The number of carbonyl (C=O) groups is 1. The number of urea groups is 1. The molecule has 0 aromatic heterocycles. The van der Waals surface area contributed by atoms with E-state index in [-0.39, 0.29) is 12.6 Å². The summed E-state index contributed by atoms with van der Waals surface area (Å²) < 4.78 is 36.7. The number of hydrogen-bond donors (Lipinski definition) is 2. The van der Waals surface area contributed by atoms with Crippen molar-refractivity contribution in [3.63, 3.8) is 0 Å². The van der Waals surface area contributed by atoms with Gasteiger partial charge in [-0.15, -0.1) is 0 Å². The molecule has 0 bridgehead atoms. The number of nitrogens with zero attached hydrogens (tertiary/aromatic N) is 2. The van der Waals surface area contributed by atoms with Crippen LogP contribution in [-0.4, -0.2) is 56.9 Å². The van der Waals surface area contributed by atoms with E-state index in [4.69, 9.17) is 0 Å². The van der Waals surface area contributed by atoms with Crippen LogP contribution >= 0.6 is 0 Å². The maximum Gasteiger partial charge on any atom is 0.401 e. The van der Waals surface area contributed by atoms with Crippen molar-refractivity contribution in [2.24, 2.45) is 0 Å². The number of anilines is 2. The van der Waals surface area contributed by atoms with Crippen LogP contribution in [0.1, 0.15) is 24.8 Å². The summed E-state index contributed by atoms with van der Waals surface area (Å²) in [6, 6.07) is 5.47. The van der Waals surface area contributed by atoms with Crippen LogP contribution in [0.15, 0.2) is 18.2 Å². The molecule has 1 aromatic carbocycles. The van der Waals surface area contributed by atoms with E-state index >= 15 is 0 Å². The van der Waals surface area contributed by atoms with Crippen LogP contribution in [0.25, 0.3) is 0 Å². The minimum Gasteiger partial charge on any atom is -0.371 e.